The lowest BCUT2D eigenvalue weighted by atomic mass is 10.1. The van der Waals surface area contributed by atoms with Gasteiger partial charge < -0.3 is 10.1 Å². The summed E-state index contributed by atoms with van der Waals surface area (Å²) in [6.07, 6.45) is 3.06. The van der Waals surface area contributed by atoms with Gasteiger partial charge in [0.05, 0.1) is 16.5 Å². The van der Waals surface area contributed by atoms with Gasteiger partial charge in [-0.3, -0.25) is 14.9 Å². The molecule has 0 aliphatic carbocycles. The van der Waals surface area contributed by atoms with E-state index in [-0.39, 0.29) is 11.6 Å². The van der Waals surface area contributed by atoms with Crippen molar-refractivity contribution in [2.24, 2.45) is 0 Å². The van der Waals surface area contributed by atoms with Crippen molar-refractivity contribution in [3.8, 4) is 5.75 Å². The summed E-state index contributed by atoms with van der Waals surface area (Å²) in [5.41, 5.74) is 1.98. The molecule has 0 saturated heterocycles. The Morgan fingerprint density at radius 2 is 2.04 bits per heavy atom. The zero-order valence-corrected chi connectivity index (χ0v) is 14.7. The van der Waals surface area contributed by atoms with Crippen LogP contribution in [0.3, 0.4) is 0 Å². The fraction of sp³-hybridized carbons (Fsp3) is 0.118. The highest BCUT2D eigenvalue weighted by Gasteiger charge is 2.09. The maximum Gasteiger partial charge on any atom is 0.269 e. The number of methoxy groups -OCH3 is 1. The van der Waals surface area contributed by atoms with Crippen LogP contribution in [0.2, 0.25) is 0 Å². The van der Waals surface area contributed by atoms with E-state index in [4.69, 9.17) is 4.74 Å². The second-order valence-electron chi connectivity index (χ2n) is 4.97. The first-order valence-corrected chi connectivity index (χ1v) is 7.77. The molecule has 0 heterocycles. The Balaban J connectivity index is 2.08. The minimum absolute atomic E-state index is 0.0101. The largest absolute Gasteiger partial charge is 0.496 e. The molecule has 0 bridgehead atoms. The number of carbonyl (C=O) groups is 1. The van der Waals surface area contributed by atoms with Crippen molar-refractivity contribution in [2.75, 3.05) is 12.4 Å². The topological polar surface area (TPSA) is 81.5 Å². The Labute approximate surface area is 147 Å². The fourth-order valence-corrected chi connectivity index (χ4v) is 2.59. The number of nitro benzene ring substituents is 1. The predicted molar refractivity (Wildman–Crippen MR) is 96.2 cm³/mol. The van der Waals surface area contributed by atoms with Gasteiger partial charge in [0.15, 0.2) is 0 Å². The summed E-state index contributed by atoms with van der Waals surface area (Å²) in [7, 11) is 1.58. The first-order valence-electron chi connectivity index (χ1n) is 6.98. The van der Waals surface area contributed by atoms with Gasteiger partial charge in [0.2, 0.25) is 5.91 Å². The van der Waals surface area contributed by atoms with E-state index >= 15 is 0 Å². The number of rotatable bonds is 5. The fourth-order valence-electron chi connectivity index (χ4n) is 2.03. The van der Waals surface area contributed by atoms with Crippen LogP contribution in [-0.2, 0) is 4.79 Å². The zero-order valence-electron chi connectivity index (χ0n) is 13.1. The number of aryl methyl sites for hydroxylation is 1. The molecule has 0 radical (unpaired) electrons. The molecule has 0 fully saturated rings. The molecule has 0 saturated carbocycles. The van der Waals surface area contributed by atoms with Crippen LogP contribution in [0, 0.1) is 17.0 Å². The van der Waals surface area contributed by atoms with Crippen molar-refractivity contribution in [1.82, 2.24) is 0 Å². The molecule has 2 rings (SSSR count). The highest BCUT2D eigenvalue weighted by atomic mass is 79.9. The first kappa shape index (κ1) is 17.7. The molecule has 7 heteroatoms. The van der Waals surface area contributed by atoms with E-state index < -0.39 is 4.92 Å². The van der Waals surface area contributed by atoms with Gasteiger partial charge in [-0.25, -0.2) is 0 Å². The van der Waals surface area contributed by atoms with E-state index in [9.17, 15) is 14.9 Å². The number of hydrogen-bond donors (Lipinski definition) is 1. The Kier molecular flexibility index (Phi) is 5.70. The van der Waals surface area contributed by atoms with E-state index in [0.29, 0.717) is 17.0 Å². The van der Waals surface area contributed by atoms with Crippen LogP contribution in [0.25, 0.3) is 6.08 Å². The number of nitrogens with one attached hydrogen (secondary N) is 1. The lowest BCUT2D eigenvalue weighted by Crippen LogP contribution is -2.09. The third-order valence-electron chi connectivity index (χ3n) is 3.28. The molecule has 0 atom stereocenters. The number of carbonyl (C=O) groups excluding carboxylic acids is 1. The van der Waals surface area contributed by atoms with Gasteiger partial charge in [-0.2, -0.15) is 0 Å². The van der Waals surface area contributed by atoms with Crippen LogP contribution in [0.1, 0.15) is 11.1 Å². The number of non-ortho nitro benzene ring substituents is 1. The summed E-state index contributed by atoms with van der Waals surface area (Å²) in [6, 6.07) is 9.74. The van der Waals surface area contributed by atoms with Crippen molar-refractivity contribution < 1.29 is 14.5 Å². The van der Waals surface area contributed by atoms with Gasteiger partial charge in [-0.15, -0.1) is 0 Å². The van der Waals surface area contributed by atoms with Crippen LogP contribution < -0.4 is 10.1 Å². The van der Waals surface area contributed by atoms with Gasteiger partial charge in [-0.1, -0.05) is 6.07 Å². The molecule has 1 N–H and O–H groups in total. The standard InChI is InChI=1S/C17H15BrN2O4/c1-11-9-13(20(22)23)5-6-15(11)19-17(21)8-4-12-3-7-16(24-2)14(18)10-12/h3-10H,1-2H3,(H,19,21)/b8-4+. The molecule has 2 aromatic carbocycles. The van der Waals surface area contributed by atoms with Crippen LogP contribution in [0.4, 0.5) is 11.4 Å². The molecule has 0 unspecified atom stereocenters. The van der Waals surface area contributed by atoms with Crippen LogP contribution in [0.5, 0.6) is 5.75 Å². The number of anilines is 1. The third-order valence-corrected chi connectivity index (χ3v) is 3.90. The molecule has 24 heavy (non-hydrogen) atoms. The average Bonchev–Trinajstić information content (AvgIpc) is 2.54. The summed E-state index contributed by atoms with van der Waals surface area (Å²) in [4.78, 5) is 22.2. The summed E-state index contributed by atoms with van der Waals surface area (Å²) in [5, 5.41) is 13.4. The van der Waals surface area contributed by atoms with Gasteiger partial charge in [0, 0.05) is 23.9 Å². The number of benzene rings is 2. The number of nitro groups is 1. The zero-order chi connectivity index (χ0) is 17.7. The molecule has 124 valence electrons. The highest BCUT2D eigenvalue weighted by molar-refractivity contribution is 9.10. The Hall–Kier alpha value is -2.67. The number of ether oxygens (including phenoxy) is 1. The molecular weight excluding hydrogens is 376 g/mol. The van der Waals surface area contributed by atoms with Crippen molar-refractivity contribution >= 4 is 39.3 Å². The molecule has 0 aliphatic rings. The van der Waals surface area contributed by atoms with Crippen molar-refractivity contribution in [1.29, 1.82) is 0 Å². The van der Waals surface area contributed by atoms with Crippen LogP contribution in [0.15, 0.2) is 46.9 Å². The predicted octanol–water partition coefficient (Wildman–Crippen LogP) is 4.33. The lowest BCUT2D eigenvalue weighted by Gasteiger charge is -2.06. The van der Waals surface area contributed by atoms with Gasteiger partial charge >= 0.3 is 0 Å². The van der Waals surface area contributed by atoms with Crippen molar-refractivity contribution in [3.05, 3.63) is 68.2 Å². The lowest BCUT2D eigenvalue weighted by molar-refractivity contribution is -0.384. The molecule has 1 amide bonds. The molecule has 0 aromatic heterocycles. The van der Waals surface area contributed by atoms with E-state index in [1.807, 2.05) is 12.1 Å². The number of hydrogen-bond acceptors (Lipinski definition) is 4. The SMILES string of the molecule is COc1ccc(/C=C/C(=O)Nc2ccc([N+](=O)[O-])cc2C)cc1Br. The summed E-state index contributed by atoms with van der Waals surface area (Å²) in [6.45, 7) is 1.70. The first-order chi connectivity index (χ1) is 11.4. The molecule has 0 spiro atoms. The number of halogens is 1. The van der Waals surface area contributed by atoms with Gasteiger partial charge in [-0.05, 0) is 58.3 Å². The van der Waals surface area contributed by atoms with E-state index in [1.165, 1.54) is 24.3 Å². The Morgan fingerprint density at radius 1 is 1.29 bits per heavy atom. The maximum absolute atomic E-state index is 12.0. The number of amides is 1. The second kappa shape index (κ2) is 7.74. The summed E-state index contributed by atoms with van der Waals surface area (Å²) in [5.74, 6) is 0.386. The highest BCUT2D eigenvalue weighted by Crippen LogP contribution is 2.26. The monoisotopic (exact) mass is 390 g/mol. The maximum atomic E-state index is 12.0. The van der Waals surface area contributed by atoms with Crippen molar-refractivity contribution in [2.45, 2.75) is 6.92 Å². The Morgan fingerprint density at radius 3 is 2.62 bits per heavy atom. The van der Waals surface area contributed by atoms with Gasteiger partial charge in [0.25, 0.3) is 5.69 Å². The molecule has 0 aliphatic heterocycles. The second-order valence-corrected chi connectivity index (χ2v) is 5.83. The van der Waals surface area contributed by atoms with Crippen LogP contribution >= 0.6 is 15.9 Å². The van der Waals surface area contributed by atoms with Crippen molar-refractivity contribution in [3.63, 3.8) is 0 Å². The van der Waals surface area contributed by atoms with E-state index in [2.05, 4.69) is 21.2 Å². The normalized spacial score (nSPS) is 10.6. The van der Waals surface area contributed by atoms with Gasteiger partial charge in [0.1, 0.15) is 5.75 Å². The average molecular weight is 391 g/mol. The summed E-state index contributed by atoms with van der Waals surface area (Å²) >= 11 is 3.38. The molecule has 2 aromatic rings. The minimum atomic E-state index is -0.472. The van der Waals surface area contributed by atoms with E-state index in [1.54, 1.807) is 26.2 Å². The Bertz CT molecular complexity index is 818. The smallest absolute Gasteiger partial charge is 0.269 e. The summed E-state index contributed by atoms with van der Waals surface area (Å²) < 4.78 is 5.94. The quantitative estimate of drug-likeness (QED) is 0.468. The molecular formula is C17H15BrN2O4. The van der Waals surface area contributed by atoms with Crippen LogP contribution in [-0.4, -0.2) is 17.9 Å². The third kappa shape index (κ3) is 4.42. The number of nitrogens with zero attached hydrogens (tertiary/aromatic N) is 1. The molecule has 6 nitrogen and oxygen atoms in total. The minimum Gasteiger partial charge on any atom is -0.496 e. The van der Waals surface area contributed by atoms with E-state index in [0.717, 1.165) is 10.0 Å².